The second-order valence-corrected chi connectivity index (χ2v) is 7.10. The fourth-order valence-corrected chi connectivity index (χ4v) is 3.41. The third-order valence-corrected chi connectivity index (χ3v) is 4.99. The second kappa shape index (κ2) is 7.63. The summed E-state index contributed by atoms with van der Waals surface area (Å²) in [5, 5.41) is 2.65. The van der Waals surface area contributed by atoms with Gasteiger partial charge in [0.05, 0.1) is 10.4 Å². The Labute approximate surface area is 139 Å². The van der Waals surface area contributed by atoms with Crippen molar-refractivity contribution in [1.29, 1.82) is 0 Å². The number of oxazole rings is 1. The highest BCUT2D eigenvalue weighted by molar-refractivity contribution is 7.89. The molecule has 0 bridgehead atoms. The number of amides is 1. The van der Waals surface area contributed by atoms with Crippen LogP contribution in [0.4, 0.5) is 0 Å². The summed E-state index contributed by atoms with van der Waals surface area (Å²) in [4.78, 5) is 22.4. The molecule has 0 aliphatic heterocycles. The van der Waals surface area contributed by atoms with Gasteiger partial charge in [0, 0.05) is 32.6 Å². The lowest BCUT2D eigenvalue weighted by atomic mass is 10.3. The van der Waals surface area contributed by atoms with Gasteiger partial charge in [0.15, 0.2) is 5.58 Å². The quantitative estimate of drug-likeness (QED) is 0.681. The van der Waals surface area contributed by atoms with E-state index in [0.29, 0.717) is 31.4 Å². The Bertz CT molecular complexity index is 882. The summed E-state index contributed by atoms with van der Waals surface area (Å²) >= 11 is 0. The summed E-state index contributed by atoms with van der Waals surface area (Å²) in [6, 6.07) is 4.36. The van der Waals surface area contributed by atoms with Crippen LogP contribution in [0.5, 0.6) is 0 Å². The number of carbonyl (C=O) groups excluding carboxylic acids is 1. The number of nitrogens with zero attached hydrogens (tertiary/aromatic N) is 1. The first-order chi connectivity index (χ1) is 11.3. The molecule has 0 fully saturated rings. The molecular weight excluding hydrogens is 334 g/mol. The maximum absolute atomic E-state index is 12.3. The SMILES string of the molecule is CCn1c(=O)oc2cc(S(=O)(=O)NCCCCNC(C)=O)ccc21. The van der Waals surface area contributed by atoms with Crippen molar-refractivity contribution in [3.63, 3.8) is 0 Å². The van der Waals surface area contributed by atoms with E-state index in [-0.39, 0.29) is 22.9 Å². The van der Waals surface area contributed by atoms with Gasteiger partial charge in [-0.3, -0.25) is 9.36 Å². The number of rotatable bonds is 8. The molecule has 1 aromatic heterocycles. The molecule has 24 heavy (non-hydrogen) atoms. The number of hydrogen-bond acceptors (Lipinski definition) is 5. The maximum Gasteiger partial charge on any atom is 0.419 e. The van der Waals surface area contributed by atoms with E-state index >= 15 is 0 Å². The monoisotopic (exact) mass is 355 g/mol. The molecule has 132 valence electrons. The lowest BCUT2D eigenvalue weighted by molar-refractivity contribution is -0.118. The standard InChI is InChI=1S/C15H21N3O5S/c1-3-18-13-7-6-12(10-14(13)23-15(18)20)24(21,22)17-9-5-4-8-16-11(2)19/h6-7,10,17H,3-5,8-9H2,1-2H3,(H,16,19). The van der Waals surface area contributed by atoms with E-state index in [1.807, 2.05) is 6.92 Å². The van der Waals surface area contributed by atoms with Crippen LogP contribution in [0.3, 0.4) is 0 Å². The summed E-state index contributed by atoms with van der Waals surface area (Å²) < 4.78 is 33.6. The van der Waals surface area contributed by atoms with Crippen LogP contribution >= 0.6 is 0 Å². The van der Waals surface area contributed by atoms with E-state index in [9.17, 15) is 18.0 Å². The fourth-order valence-electron chi connectivity index (χ4n) is 2.32. The number of unbranched alkanes of at least 4 members (excludes halogenated alkanes) is 1. The van der Waals surface area contributed by atoms with Crippen LogP contribution in [0.2, 0.25) is 0 Å². The van der Waals surface area contributed by atoms with Gasteiger partial charge in [-0.05, 0) is 31.9 Å². The van der Waals surface area contributed by atoms with Gasteiger partial charge in [-0.15, -0.1) is 0 Å². The van der Waals surface area contributed by atoms with Crippen molar-refractivity contribution in [3.05, 3.63) is 28.7 Å². The molecule has 0 spiro atoms. The zero-order valence-electron chi connectivity index (χ0n) is 13.7. The molecule has 0 aliphatic rings. The van der Waals surface area contributed by atoms with Crippen LogP contribution in [-0.2, 0) is 21.4 Å². The van der Waals surface area contributed by atoms with E-state index in [0.717, 1.165) is 0 Å². The number of aryl methyl sites for hydroxylation is 1. The number of hydrogen-bond donors (Lipinski definition) is 2. The third kappa shape index (κ3) is 4.24. The highest BCUT2D eigenvalue weighted by Gasteiger charge is 2.16. The Morgan fingerprint density at radius 2 is 1.96 bits per heavy atom. The van der Waals surface area contributed by atoms with Crippen LogP contribution < -0.4 is 15.8 Å². The minimum Gasteiger partial charge on any atom is -0.408 e. The topological polar surface area (TPSA) is 110 Å². The first-order valence-corrected chi connectivity index (χ1v) is 9.21. The number of nitrogens with one attached hydrogen (secondary N) is 2. The van der Waals surface area contributed by atoms with E-state index in [1.165, 1.54) is 23.6 Å². The predicted octanol–water partition coefficient (Wildman–Crippen LogP) is 0.809. The van der Waals surface area contributed by atoms with E-state index < -0.39 is 15.8 Å². The smallest absolute Gasteiger partial charge is 0.408 e. The van der Waals surface area contributed by atoms with Crippen molar-refractivity contribution in [2.45, 2.75) is 38.1 Å². The summed E-state index contributed by atoms with van der Waals surface area (Å²) in [6.07, 6.45) is 1.28. The van der Waals surface area contributed by atoms with Crippen molar-refractivity contribution in [1.82, 2.24) is 14.6 Å². The molecule has 0 aliphatic carbocycles. The first kappa shape index (κ1) is 18.2. The largest absolute Gasteiger partial charge is 0.419 e. The molecule has 0 saturated carbocycles. The first-order valence-electron chi connectivity index (χ1n) is 7.72. The van der Waals surface area contributed by atoms with Crippen molar-refractivity contribution < 1.29 is 17.6 Å². The van der Waals surface area contributed by atoms with Gasteiger partial charge in [-0.25, -0.2) is 17.9 Å². The molecular formula is C15H21N3O5S. The lowest BCUT2D eigenvalue weighted by Crippen LogP contribution is -2.26. The summed E-state index contributed by atoms with van der Waals surface area (Å²) in [5.41, 5.74) is 0.812. The Kier molecular flexibility index (Phi) is 5.79. The predicted molar refractivity (Wildman–Crippen MR) is 89.3 cm³/mol. The zero-order valence-corrected chi connectivity index (χ0v) is 14.5. The molecule has 8 nitrogen and oxygen atoms in total. The molecule has 0 saturated heterocycles. The van der Waals surface area contributed by atoms with Crippen LogP contribution in [0.25, 0.3) is 11.1 Å². The van der Waals surface area contributed by atoms with Crippen LogP contribution in [0.1, 0.15) is 26.7 Å². The normalized spacial score (nSPS) is 11.8. The van der Waals surface area contributed by atoms with Crippen molar-refractivity contribution >= 4 is 27.0 Å². The van der Waals surface area contributed by atoms with Gasteiger partial charge in [-0.2, -0.15) is 0 Å². The maximum atomic E-state index is 12.3. The van der Waals surface area contributed by atoms with Crippen molar-refractivity contribution in [2.24, 2.45) is 0 Å². The molecule has 0 atom stereocenters. The Hall–Kier alpha value is -2.13. The van der Waals surface area contributed by atoms with Gasteiger partial charge in [-0.1, -0.05) is 0 Å². The minimum absolute atomic E-state index is 0.0499. The van der Waals surface area contributed by atoms with E-state index in [1.54, 1.807) is 6.07 Å². The Morgan fingerprint density at radius 1 is 1.25 bits per heavy atom. The number of carbonyl (C=O) groups is 1. The van der Waals surface area contributed by atoms with Gasteiger partial charge < -0.3 is 9.73 Å². The minimum atomic E-state index is -3.67. The Morgan fingerprint density at radius 3 is 2.62 bits per heavy atom. The van der Waals surface area contributed by atoms with Crippen LogP contribution in [0, 0.1) is 0 Å². The van der Waals surface area contributed by atoms with Gasteiger partial charge in [0.1, 0.15) is 0 Å². The number of benzene rings is 1. The molecule has 1 aromatic carbocycles. The molecule has 2 N–H and O–H groups in total. The fraction of sp³-hybridized carbons (Fsp3) is 0.467. The van der Waals surface area contributed by atoms with Gasteiger partial charge in [0.25, 0.3) is 0 Å². The van der Waals surface area contributed by atoms with Crippen LogP contribution in [0.15, 0.2) is 32.3 Å². The Balaban J connectivity index is 2.03. The third-order valence-electron chi connectivity index (χ3n) is 3.54. The van der Waals surface area contributed by atoms with Crippen molar-refractivity contribution in [2.75, 3.05) is 13.1 Å². The molecule has 2 aromatic rings. The molecule has 0 radical (unpaired) electrons. The molecule has 1 amide bonds. The second-order valence-electron chi connectivity index (χ2n) is 5.33. The summed E-state index contributed by atoms with van der Waals surface area (Å²) in [5.74, 6) is -0.614. The molecule has 0 unspecified atom stereocenters. The van der Waals surface area contributed by atoms with Crippen molar-refractivity contribution in [3.8, 4) is 0 Å². The average Bonchev–Trinajstić information content (AvgIpc) is 2.84. The van der Waals surface area contributed by atoms with Gasteiger partial charge in [0.2, 0.25) is 15.9 Å². The summed E-state index contributed by atoms with van der Waals surface area (Å²) in [7, 11) is -3.67. The zero-order chi connectivity index (χ0) is 17.7. The highest BCUT2D eigenvalue weighted by Crippen LogP contribution is 2.18. The molecule has 9 heteroatoms. The van der Waals surface area contributed by atoms with Crippen LogP contribution in [-0.4, -0.2) is 32.0 Å². The number of aromatic nitrogens is 1. The average molecular weight is 355 g/mol. The van der Waals surface area contributed by atoms with E-state index in [4.69, 9.17) is 4.42 Å². The number of fused-ring (bicyclic) bond motifs is 1. The molecule has 2 rings (SSSR count). The van der Waals surface area contributed by atoms with E-state index in [2.05, 4.69) is 10.0 Å². The highest BCUT2D eigenvalue weighted by atomic mass is 32.2. The molecule has 1 heterocycles. The number of sulfonamides is 1. The summed E-state index contributed by atoms with van der Waals surface area (Å²) in [6.45, 7) is 4.47. The lowest BCUT2D eigenvalue weighted by Gasteiger charge is -2.07. The van der Waals surface area contributed by atoms with Gasteiger partial charge >= 0.3 is 5.76 Å².